The number of rotatable bonds is 6. The van der Waals surface area contributed by atoms with E-state index < -0.39 is 10.0 Å². The summed E-state index contributed by atoms with van der Waals surface area (Å²) in [6.07, 6.45) is 4.28. The first kappa shape index (κ1) is 19.8. The molecule has 0 bridgehead atoms. The second kappa shape index (κ2) is 8.41. The van der Waals surface area contributed by atoms with E-state index in [0.717, 1.165) is 10.9 Å². The van der Waals surface area contributed by atoms with Crippen molar-refractivity contribution in [2.24, 2.45) is 0 Å². The molecule has 2 aromatic rings. The summed E-state index contributed by atoms with van der Waals surface area (Å²) < 4.78 is 44.4. The number of ether oxygens (including phenoxy) is 3. The van der Waals surface area contributed by atoms with Gasteiger partial charge in [-0.15, -0.1) is 0 Å². The third-order valence-electron chi connectivity index (χ3n) is 4.20. The molecule has 0 saturated carbocycles. The molecule has 8 nitrogen and oxygen atoms in total. The molecule has 1 unspecified atom stereocenters. The van der Waals surface area contributed by atoms with Crippen molar-refractivity contribution in [3.8, 4) is 17.5 Å². The maximum atomic E-state index is 13.0. The number of hydrogen-bond acceptors (Lipinski definition) is 7. The van der Waals surface area contributed by atoms with Crippen molar-refractivity contribution in [3.05, 3.63) is 35.1 Å². The number of benzene rings is 1. The fourth-order valence-corrected chi connectivity index (χ4v) is 4.59. The largest absolute Gasteiger partial charge is 0.493 e. The zero-order chi connectivity index (χ0) is 19.4. The summed E-state index contributed by atoms with van der Waals surface area (Å²) in [6.45, 7) is 0.661. The van der Waals surface area contributed by atoms with Gasteiger partial charge in [-0.2, -0.15) is 4.31 Å². The van der Waals surface area contributed by atoms with Gasteiger partial charge in [-0.3, -0.25) is 0 Å². The van der Waals surface area contributed by atoms with E-state index in [9.17, 15) is 8.42 Å². The van der Waals surface area contributed by atoms with Crippen LogP contribution in [-0.4, -0.2) is 56.1 Å². The molecular formula is C17H20BrN3O5S. The van der Waals surface area contributed by atoms with Gasteiger partial charge in [0.2, 0.25) is 10.0 Å². The quantitative estimate of drug-likeness (QED) is 0.657. The minimum Gasteiger partial charge on any atom is -0.493 e. The molecule has 1 aromatic heterocycles. The topological polar surface area (TPSA) is 90.9 Å². The monoisotopic (exact) mass is 457 g/mol. The van der Waals surface area contributed by atoms with Crippen LogP contribution in [0.3, 0.4) is 0 Å². The fraction of sp³-hybridized carbons (Fsp3) is 0.412. The summed E-state index contributed by atoms with van der Waals surface area (Å²) in [4.78, 5) is 8.32. The summed E-state index contributed by atoms with van der Waals surface area (Å²) in [6, 6.07) is 4.79. The minimum absolute atomic E-state index is 0.153. The molecule has 0 radical (unpaired) electrons. The van der Waals surface area contributed by atoms with E-state index in [-0.39, 0.29) is 23.6 Å². The molecule has 10 heteroatoms. The van der Waals surface area contributed by atoms with Crippen molar-refractivity contribution in [1.82, 2.24) is 14.3 Å². The van der Waals surface area contributed by atoms with Crippen LogP contribution in [0.5, 0.6) is 17.5 Å². The van der Waals surface area contributed by atoms with Crippen LogP contribution >= 0.6 is 15.9 Å². The second-order valence-corrected chi connectivity index (χ2v) is 8.80. The third kappa shape index (κ3) is 4.50. The van der Waals surface area contributed by atoms with Crippen molar-refractivity contribution in [3.63, 3.8) is 0 Å². The third-order valence-corrected chi connectivity index (χ3v) is 6.47. The number of aromatic nitrogens is 2. The molecule has 1 saturated heterocycles. The molecule has 0 amide bonds. The van der Waals surface area contributed by atoms with Gasteiger partial charge in [-0.25, -0.2) is 18.4 Å². The molecule has 1 fully saturated rings. The van der Waals surface area contributed by atoms with Gasteiger partial charge in [0.25, 0.3) is 0 Å². The van der Waals surface area contributed by atoms with Crippen LogP contribution in [0, 0.1) is 0 Å². The molecule has 1 atom stereocenters. The summed E-state index contributed by atoms with van der Waals surface area (Å²) in [5.74, 6) is 0.843. The number of sulfonamides is 1. The van der Waals surface area contributed by atoms with Gasteiger partial charge in [-0.1, -0.05) is 0 Å². The van der Waals surface area contributed by atoms with Crippen LogP contribution in [0.1, 0.15) is 12.8 Å². The van der Waals surface area contributed by atoms with Crippen LogP contribution in [0.4, 0.5) is 0 Å². The smallest absolute Gasteiger partial charge is 0.316 e. The average Bonchev–Trinajstić information content (AvgIpc) is 2.69. The predicted molar refractivity (Wildman–Crippen MR) is 102 cm³/mol. The lowest BCUT2D eigenvalue weighted by atomic mass is 10.1. The number of nitrogens with zero attached hydrogens (tertiary/aromatic N) is 3. The van der Waals surface area contributed by atoms with Crippen molar-refractivity contribution in [1.29, 1.82) is 0 Å². The Balaban J connectivity index is 1.77. The standard InChI is InChI=1S/C17H20BrN3O5S/c1-24-15-6-5-14(8-16(15)25-2)27(22,23)21-7-3-4-13(11-21)26-17-19-9-12(18)10-20-17/h5-6,8-10,13H,3-4,7,11H2,1-2H3. The highest BCUT2D eigenvalue weighted by Crippen LogP contribution is 2.31. The van der Waals surface area contributed by atoms with Gasteiger partial charge in [-0.05, 0) is 40.9 Å². The number of piperidine rings is 1. The number of halogens is 1. The molecule has 3 rings (SSSR count). The summed E-state index contributed by atoms with van der Waals surface area (Å²) in [5, 5.41) is 0. The zero-order valence-corrected chi connectivity index (χ0v) is 17.4. The van der Waals surface area contributed by atoms with Gasteiger partial charge in [0.05, 0.1) is 30.1 Å². The Labute approximate surface area is 166 Å². The van der Waals surface area contributed by atoms with Gasteiger partial charge >= 0.3 is 6.01 Å². The van der Waals surface area contributed by atoms with E-state index >= 15 is 0 Å². The first-order chi connectivity index (χ1) is 12.9. The first-order valence-corrected chi connectivity index (χ1v) is 10.5. The highest BCUT2D eigenvalue weighted by atomic mass is 79.9. The fourth-order valence-electron chi connectivity index (χ4n) is 2.86. The number of methoxy groups -OCH3 is 2. The van der Waals surface area contributed by atoms with E-state index in [4.69, 9.17) is 14.2 Å². The normalized spacial score (nSPS) is 18.1. The van der Waals surface area contributed by atoms with Crippen LogP contribution in [0.25, 0.3) is 0 Å². The highest BCUT2D eigenvalue weighted by Gasteiger charge is 2.32. The molecule has 0 aliphatic carbocycles. The van der Waals surface area contributed by atoms with Crippen LogP contribution < -0.4 is 14.2 Å². The predicted octanol–water partition coefficient (Wildman–Crippen LogP) is 2.49. The number of hydrogen-bond donors (Lipinski definition) is 0. The van der Waals surface area contributed by atoms with Crippen molar-refractivity contribution in [2.75, 3.05) is 27.3 Å². The Bertz CT molecular complexity index is 892. The lowest BCUT2D eigenvalue weighted by Gasteiger charge is -2.31. The van der Waals surface area contributed by atoms with E-state index in [2.05, 4.69) is 25.9 Å². The summed E-state index contributed by atoms with van der Waals surface area (Å²) in [7, 11) is -0.710. The Morgan fingerprint density at radius 1 is 1.15 bits per heavy atom. The molecule has 146 valence electrons. The molecule has 1 aromatic carbocycles. The Morgan fingerprint density at radius 2 is 1.85 bits per heavy atom. The van der Waals surface area contributed by atoms with E-state index in [0.29, 0.717) is 24.5 Å². The van der Waals surface area contributed by atoms with Gasteiger partial charge in [0, 0.05) is 25.0 Å². The lowest BCUT2D eigenvalue weighted by Crippen LogP contribution is -2.44. The Hall–Kier alpha value is -1.91. The maximum absolute atomic E-state index is 13.0. The summed E-state index contributed by atoms with van der Waals surface area (Å²) in [5.41, 5.74) is 0. The van der Waals surface area contributed by atoms with Crippen molar-refractivity contribution >= 4 is 26.0 Å². The average molecular weight is 458 g/mol. The summed E-state index contributed by atoms with van der Waals surface area (Å²) >= 11 is 3.27. The van der Waals surface area contributed by atoms with Crippen molar-refractivity contribution in [2.45, 2.75) is 23.8 Å². The van der Waals surface area contributed by atoms with Gasteiger partial charge < -0.3 is 14.2 Å². The van der Waals surface area contributed by atoms with E-state index in [1.54, 1.807) is 18.5 Å². The SMILES string of the molecule is COc1ccc(S(=O)(=O)N2CCCC(Oc3ncc(Br)cn3)C2)cc1OC. The first-order valence-electron chi connectivity index (χ1n) is 8.30. The molecule has 27 heavy (non-hydrogen) atoms. The van der Waals surface area contributed by atoms with Crippen LogP contribution in [0.15, 0.2) is 40.0 Å². The maximum Gasteiger partial charge on any atom is 0.316 e. The molecule has 0 spiro atoms. The van der Waals surface area contributed by atoms with Crippen molar-refractivity contribution < 1.29 is 22.6 Å². The minimum atomic E-state index is -3.68. The van der Waals surface area contributed by atoms with Crippen LogP contribution in [0.2, 0.25) is 0 Å². The molecule has 1 aliphatic rings. The van der Waals surface area contributed by atoms with E-state index in [1.807, 2.05) is 0 Å². The van der Waals surface area contributed by atoms with Crippen LogP contribution in [-0.2, 0) is 10.0 Å². The second-order valence-electron chi connectivity index (χ2n) is 5.95. The Kier molecular flexibility index (Phi) is 6.18. The van der Waals surface area contributed by atoms with E-state index in [1.165, 1.54) is 30.7 Å². The molecule has 1 aliphatic heterocycles. The molecular weight excluding hydrogens is 438 g/mol. The lowest BCUT2D eigenvalue weighted by molar-refractivity contribution is 0.119. The highest BCUT2D eigenvalue weighted by molar-refractivity contribution is 9.10. The molecule has 2 heterocycles. The molecule has 0 N–H and O–H groups in total. The Morgan fingerprint density at radius 3 is 2.52 bits per heavy atom. The van der Waals surface area contributed by atoms with Gasteiger partial charge in [0.1, 0.15) is 6.10 Å². The zero-order valence-electron chi connectivity index (χ0n) is 15.0. The van der Waals surface area contributed by atoms with Gasteiger partial charge in [0.15, 0.2) is 11.5 Å².